The summed E-state index contributed by atoms with van der Waals surface area (Å²) < 4.78 is 28.0. The van der Waals surface area contributed by atoms with Crippen LogP contribution >= 0.6 is 11.6 Å². The van der Waals surface area contributed by atoms with E-state index in [2.05, 4.69) is 5.43 Å². The van der Waals surface area contributed by atoms with Gasteiger partial charge in [-0.2, -0.15) is 0 Å². The lowest BCUT2D eigenvalue weighted by Gasteiger charge is -2.18. The minimum absolute atomic E-state index is 0.0444. The Bertz CT molecular complexity index is 617. The third kappa shape index (κ3) is 2.98. The van der Waals surface area contributed by atoms with Crippen molar-refractivity contribution < 1.29 is 8.78 Å². The molecule has 0 aromatic heterocycles. The van der Waals surface area contributed by atoms with Crippen LogP contribution in [0.4, 0.5) is 8.78 Å². The van der Waals surface area contributed by atoms with Crippen LogP contribution in [0.15, 0.2) is 36.4 Å². The summed E-state index contributed by atoms with van der Waals surface area (Å²) in [4.78, 5) is 0. The van der Waals surface area contributed by atoms with E-state index in [0.717, 1.165) is 0 Å². The highest BCUT2D eigenvalue weighted by Gasteiger charge is 2.18. The molecule has 0 amide bonds. The van der Waals surface area contributed by atoms with Gasteiger partial charge in [0, 0.05) is 5.56 Å². The van der Waals surface area contributed by atoms with Crippen molar-refractivity contribution in [1.82, 2.24) is 5.43 Å². The van der Waals surface area contributed by atoms with E-state index in [9.17, 15) is 8.78 Å². The van der Waals surface area contributed by atoms with Gasteiger partial charge in [0.1, 0.15) is 11.6 Å². The Balaban J connectivity index is 2.34. The maximum Gasteiger partial charge on any atom is 0.145 e. The van der Waals surface area contributed by atoms with Crippen LogP contribution in [-0.4, -0.2) is 0 Å². The molecule has 1 atom stereocenters. The molecular weight excluding hydrogens is 282 g/mol. The van der Waals surface area contributed by atoms with Crippen molar-refractivity contribution in [2.45, 2.75) is 19.4 Å². The van der Waals surface area contributed by atoms with Crippen molar-refractivity contribution in [2.75, 3.05) is 0 Å². The molecule has 20 heavy (non-hydrogen) atoms. The quantitative estimate of drug-likeness (QED) is 0.667. The minimum Gasteiger partial charge on any atom is -0.271 e. The number of benzene rings is 2. The van der Waals surface area contributed by atoms with Crippen LogP contribution in [0.1, 0.15) is 22.7 Å². The molecule has 0 aliphatic rings. The summed E-state index contributed by atoms with van der Waals surface area (Å²) in [6, 6.07) is 9.26. The van der Waals surface area contributed by atoms with E-state index >= 15 is 0 Å². The second-order valence-corrected chi connectivity index (χ2v) is 5.02. The Hall–Kier alpha value is -1.49. The lowest BCUT2D eigenvalue weighted by molar-refractivity contribution is 0.496. The predicted octanol–water partition coefficient (Wildman–Crippen LogP) is 3.67. The zero-order valence-corrected chi connectivity index (χ0v) is 11.7. The summed E-state index contributed by atoms with van der Waals surface area (Å²) >= 11 is 5.74. The van der Waals surface area contributed by atoms with Crippen molar-refractivity contribution >= 4 is 11.6 Å². The SMILES string of the molecule is Cc1cccc(C(Cc2cccc(Cl)c2F)NN)c1F. The fourth-order valence-corrected chi connectivity index (χ4v) is 2.32. The number of aryl methyl sites for hydroxylation is 1. The third-order valence-electron chi connectivity index (χ3n) is 3.25. The summed E-state index contributed by atoms with van der Waals surface area (Å²) in [5.74, 6) is 4.65. The molecule has 0 saturated carbocycles. The summed E-state index contributed by atoms with van der Waals surface area (Å²) in [5.41, 5.74) is 3.85. The molecule has 0 fully saturated rings. The number of hydrazine groups is 1. The first kappa shape index (κ1) is 14.9. The largest absolute Gasteiger partial charge is 0.271 e. The van der Waals surface area contributed by atoms with Gasteiger partial charge < -0.3 is 0 Å². The molecule has 0 aliphatic carbocycles. The van der Waals surface area contributed by atoms with E-state index < -0.39 is 11.9 Å². The second-order valence-electron chi connectivity index (χ2n) is 4.61. The maximum atomic E-state index is 14.1. The van der Waals surface area contributed by atoms with Crippen molar-refractivity contribution in [3.63, 3.8) is 0 Å². The molecule has 2 aromatic rings. The lowest BCUT2D eigenvalue weighted by atomic mass is 9.97. The molecule has 2 nitrogen and oxygen atoms in total. The number of halogens is 3. The highest BCUT2D eigenvalue weighted by Crippen LogP contribution is 2.26. The first-order valence-electron chi connectivity index (χ1n) is 6.18. The molecule has 0 saturated heterocycles. The molecule has 2 aromatic carbocycles. The molecule has 3 N–H and O–H groups in total. The fraction of sp³-hybridized carbons (Fsp3) is 0.200. The van der Waals surface area contributed by atoms with Gasteiger partial charge in [-0.25, -0.2) is 8.78 Å². The van der Waals surface area contributed by atoms with Gasteiger partial charge in [0.15, 0.2) is 0 Å². The third-order valence-corrected chi connectivity index (χ3v) is 3.55. The van der Waals surface area contributed by atoms with Crippen molar-refractivity contribution in [1.29, 1.82) is 0 Å². The van der Waals surface area contributed by atoms with Gasteiger partial charge in [-0.15, -0.1) is 0 Å². The van der Waals surface area contributed by atoms with E-state index in [-0.39, 0.29) is 17.3 Å². The van der Waals surface area contributed by atoms with E-state index in [1.165, 1.54) is 6.07 Å². The standard InChI is InChI=1S/C15H15ClF2N2/c1-9-4-2-6-11(14(9)17)13(20-19)8-10-5-3-7-12(16)15(10)18/h2-7,13,20H,8,19H2,1H3. The first-order valence-corrected chi connectivity index (χ1v) is 6.56. The van der Waals surface area contributed by atoms with E-state index in [1.807, 2.05) is 0 Å². The summed E-state index contributed by atoms with van der Waals surface area (Å²) in [7, 11) is 0. The first-order chi connectivity index (χ1) is 9.54. The minimum atomic E-state index is -0.525. The molecular formula is C15H15ClF2N2. The monoisotopic (exact) mass is 296 g/mol. The summed E-state index contributed by atoms with van der Waals surface area (Å²) in [6.07, 6.45) is 0.212. The Kier molecular flexibility index (Phi) is 4.70. The van der Waals surface area contributed by atoms with Gasteiger partial charge >= 0.3 is 0 Å². The lowest BCUT2D eigenvalue weighted by Crippen LogP contribution is -2.30. The van der Waals surface area contributed by atoms with Gasteiger partial charge in [-0.3, -0.25) is 11.3 Å². The molecule has 1 unspecified atom stereocenters. The summed E-state index contributed by atoms with van der Waals surface area (Å²) in [6.45, 7) is 1.67. The molecule has 0 spiro atoms. The van der Waals surface area contributed by atoms with Crippen LogP contribution < -0.4 is 11.3 Å². The number of nitrogens with two attached hydrogens (primary N) is 1. The highest BCUT2D eigenvalue weighted by molar-refractivity contribution is 6.30. The molecule has 0 heterocycles. The fourth-order valence-electron chi connectivity index (χ4n) is 2.12. The molecule has 0 bridgehead atoms. The van der Waals surface area contributed by atoms with E-state index in [1.54, 1.807) is 37.3 Å². The van der Waals surface area contributed by atoms with Crippen LogP contribution in [0.25, 0.3) is 0 Å². The van der Waals surface area contributed by atoms with Crippen molar-refractivity contribution in [3.8, 4) is 0 Å². The van der Waals surface area contributed by atoms with Crippen molar-refractivity contribution in [2.24, 2.45) is 5.84 Å². The van der Waals surface area contributed by atoms with Crippen molar-refractivity contribution in [3.05, 3.63) is 69.7 Å². The molecule has 0 radical (unpaired) electrons. The average Bonchev–Trinajstić information content (AvgIpc) is 2.44. The van der Waals surface area contributed by atoms with Gasteiger partial charge in [0.05, 0.1) is 11.1 Å². The summed E-state index contributed by atoms with van der Waals surface area (Å²) in [5, 5.41) is 0.0444. The second kappa shape index (κ2) is 6.31. The highest BCUT2D eigenvalue weighted by atomic mass is 35.5. The van der Waals surface area contributed by atoms with Gasteiger partial charge in [-0.05, 0) is 30.5 Å². The van der Waals surface area contributed by atoms with E-state index in [0.29, 0.717) is 16.7 Å². The zero-order valence-electron chi connectivity index (χ0n) is 11.0. The van der Waals surface area contributed by atoms with Gasteiger partial charge in [0.25, 0.3) is 0 Å². The molecule has 5 heteroatoms. The number of nitrogens with one attached hydrogen (secondary N) is 1. The van der Waals surface area contributed by atoms with Crippen LogP contribution in [0.2, 0.25) is 5.02 Å². The van der Waals surface area contributed by atoms with Crippen LogP contribution in [-0.2, 0) is 6.42 Å². The van der Waals surface area contributed by atoms with E-state index in [4.69, 9.17) is 17.4 Å². The zero-order chi connectivity index (χ0) is 14.7. The normalized spacial score (nSPS) is 12.4. The number of rotatable bonds is 4. The number of hydrogen-bond acceptors (Lipinski definition) is 2. The average molecular weight is 297 g/mol. The Morgan fingerprint density at radius 1 is 1.15 bits per heavy atom. The number of hydrogen-bond donors (Lipinski definition) is 2. The Morgan fingerprint density at radius 3 is 2.55 bits per heavy atom. The maximum absolute atomic E-state index is 14.1. The Morgan fingerprint density at radius 2 is 1.85 bits per heavy atom. The Labute approximate surface area is 121 Å². The van der Waals surface area contributed by atoms with Gasteiger partial charge in [0.2, 0.25) is 0 Å². The molecule has 0 aliphatic heterocycles. The smallest absolute Gasteiger partial charge is 0.145 e. The predicted molar refractivity (Wildman–Crippen MR) is 76.3 cm³/mol. The van der Waals surface area contributed by atoms with Crippen LogP contribution in [0, 0.1) is 18.6 Å². The van der Waals surface area contributed by atoms with Crippen LogP contribution in [0.3, 0.4) is 0 Å². The van der Waals surface area contributed by atoms with Crippen LogP contribution in [0.5, 0.6) is 0 Å². The molecule has 106 valence electrons. The van der Waals surface area contributed by atoms with Gasteiger partial charge in [-0.1, -0.05) is 41.9 Å². The molecule has 2 rings (SSSR count). The topological polar surface area (TPSA) is 38.0 Å².